The van der Waals surface area contributed by atoms with Gasteiger partial charge in [-0.25, -0.2) is 8.42 Å². The molecular formula is C25H38N6O5S. The predicted octanol–water partition coefficient (Wildman–Crippen LogP) is 1.76. The maximum absolute atomic E-state index is 13.3. The van der Waals surface area contributed by atoms with Crippen molar-refractivity contribution in [3.05, 3.63) is 35.0 Å². The Bertz CT molecular complexity index is 1160. The van der Waals surface area contributed by atoms with E-state index >= 15 is 0 Å². The lowest BCUT2D eigenvalue weighted by atomic mass is 10.1. The molecule has 2 saturated heterocycles. The maximum atomic E-state index is 13.3. The van der Waals surface area contributed by atoms with Crippen LogP contribution in [0.5, 0.6) is 5.75 Å². The molecule has 0 unspecified atom stereocenters. The summed E-state index contributed by atoms with van der Waals surface area (Å²) in [5.74, 6) is 0.331. The van der Waals surface area contributed by atoms with Gasteiger partial charge in [-0.05, 0) is 82.5 Å². The van der Waals surface area contributed by atoms with Gasteiger partial charge in [-0.15, -0.1) is 0 Å². The summed E-state index contributed by atoms with van der Waals surface area (Å²) in [5, 5.41) is 3.84. The number of hydrogen-bond donors (Lipinski definition) is 0. The van der Waals surface area contributed by atoms with E-state index in [1.54, 1.807) is 38.0 Å². The number of hydrogen-bond acceptors (Lipinski definition) is 9. The van der Waals surface area contributed by atoms with E-state index in [-0.39, 0.29) is 29.1 Å². The number of aryl methyl sites for hydroxylation is 2. The normalized spacial score (nSPS) is 17.6. The van der Waals surface area contributed by atoms with Crippen molar-refractivity contribution in [2.24, 2.45) is 0 Å². The lowest BCUT2D eigenvalue weighted by molar-refractivity contribution is 0.0618. The largest absolute Gasteiger partial charge is 0.497 e. The lowest BCUT2D eigenvalue weighted by Gasteiger charge is -2.34. The van der Waals surface area contributed by atoms with E-state index in [2.05, 4.69) is 19.9 Å². The Labute approximate surface area is 219 Å². The van der Waals surface area contributed by atoms with Crippen molar-refractivity contribution < 1.29 is 22.5 Å². The van der Waals surface area contributed by atoms with Crippen molar-refractivity contribution in [2.75, 3.05) is 66.5 Å². The van der Waals surface area contributed by atoms with E-state index in [1.807, 2.05) is 0 Å². The molecule has 0 bridgehead atoms. The van der Waals surface area contributed by atoms with Crippen LogP contribution in [0, 0.1) is 13.8 Å². The third kappa shape index (κ3) is 6.49. The van der Waals surface area contributed by atoms with Crippen LogP contribution in [0.2, 0.25) is 0 Å². The minimum absolute atomic E-state index is 0.0416. The lowest BCUT2D eigenvalue weighted by Crippen LogP contribution is -2.49. The predicted molar refractivity (Wildman–Crippen MR) is 138 cm³/mol. The quantitative estimate of drug-likeness (QED) is 0.450. The Balaban J connectivity index is 1.30. The number of benzene rings is 1. The number of likely N-dealkylation sites (tertiary alicyclic amines) is 1. The van der Waals surface area contributed by atoms with Gasteiger partial charge in [-0.2, -0.15) is 9.29 Å². The van der Waals surface area contributed by atoms with Gasteiger partial charge in [0.2, 0.25) is 15.9 Å². The van der Waals surface area contributed by atoms with Crippen LogP contribution in [0.4, 0.5) is 0 Å². The van der Waals surface area contributed by atoms with Crippen LogP contribution in [-0.2, 0) is 16.6 Å². The SMILES string of the molecule is COc1cc(C)c(S(=O)(=O)N(C)Cc2nc(C(=O)N3CCN(CCCN4CCCC4)CC3)no2)c(C)c1. The topological polar surface area (TPSA) is 112 Å². The molecule has 1 aromatic heterocycles. The maximum Gasteiger partial charge on any atom is 0.295 e. The number of carbonyl (C=O) groups is 1. The Kier molecular flexibility index (Phi) is 8.83. The second kappa shape index (κ2) is 11.9. The molecule has 12 heteroatoms. The first-order valence-electron chi connectivity index (χ1n) is 12.9. The Morgan fingerprint density at radius 1 is 1.03 bits per heavy atom. The average Bonchev–Trinajstić information content (AvgIpc) is 3.56. The van der Waals surface area contributed by atoms with Gasteiger partial charge in [0.1, 0.15) is 5.75 Å². The van der Waals surface area contributed by atoms with Gasteiger partial charge in [0.05, 0.1) is 18.6 Å². The fourth-order valence-electron chi connectivity index (χ4n) is 5.11. The molecule has 1 amide bonds. The summed E-state index contributed by atoms with van der Waals surface area (Å²) in [6, 6.07) is 3.37. The van der Waals surface area contributed by atoms with E-state index < -0.39 is 10.0 Å². The Morgan fingerprint density at radius 3 is 2.22 bits per heavy atom. The molecule has 2 aromatic rings. The van der Waals surface area contributed by atoms with Crippen LogP contribution >= 0.6 is 0 Å². The summed E-state index contributed by atoms with van der Waals surface area (Å²) >= 11 is 0. The van der Waals surface area contributed by atoms with Crippen LogP contribution in [0.25, 0.3) is 0 Å². The molecular weight excluding hydrogens is 496 g/mol. The molecule has 0 aliphatic carbocycles. The number of ether oxygens (including phenoxy) is 1. The molecule has 0 atom stereocenters. The molecule has 11 nitrogen and oxygen atoms in total. The third-order valence-corrected chi connectivity index (χ3v) is 9.27. The van der Waals surface area contributed by atoms with Crippen LogP contribution < -0.4 is 4.74 Å². The average molecular weight is 535 g/mol. The minimum Gasteiger partial charge on any atom is -0.497 e. The molecule has 2 aliphatic rings. The highest BCUT2D eigenvalue weighted by Crippen LogP contribution is 2.28. The van der Waals surface area contributed by atoms with Crippen LogP contribution in [-0.4, -0.2) is 110 Å². The number of aromatic nitrogens is 2. The first-order valence-corrected chi connectivity index (χ1v) is 14.3. The second-order valence-electron chi connectivity index (χ2n) is 9.90. The van der Waals surface area contributed by atoms with Crippen molar-refractivity contribution in [1.82, 2.24) is 29.1 Å². The fourth-order valence-corrected chi connectivity index (χ4v) is 6.64. The number of methoxy groups -OCH3 is 1. The van der Waals surface area contributed by atoms with Gasteiger partial charge in [0.15, 0.2) is 0 Å². The van der Waals surface area contributed by atoms with Gasteiger partial charge in [0.25, 0.3) is 11.7 Å². The van der Waals surface area contributed by atoms with Crippen LogP contribution in [0.1, 0.15) is 46.9 Å². The van der Waals surface area contributed by atoms with Crippen LogP contribution in [0.3, 0.4) is 0 Å². The number of amides is 1. The zero-order chi connectivity index (χ0) is 26.6. The summed E-state index contributed by atoms with van der Waals surface area (Å²) in [6.07, 6.45) is 3.77. The van der Waals surface area contributed by atoms with Crippen molar-refractivity contribution in [2.45, 2.75) is 44.6 Å². The molecule has 2 aliphatic heterocycles. The number of sulfonamides is 1. The second-order valence-corrected chi connectivity index (χ2v) is 11.9. The number of piperazine rings is 1. The molecule has 0 spiro atoms. The highest BCUT2D eigenvalue weighted by atomic mass is 32.2. The zero-order valence-corrected chi connectivity index (χ0v) is 23.1. The molecule has 0 radical (unpaired) electrons. The number of carbonyl (C=O) groups excluding carboxylic acids is 1. The van der Waals surface area contributed by atoms with Gasteiger partial charge in [-0.1, -0.05) is 5.16 Å². The Hall–Kier alpha value is -2.54. The Morgan fingerprint density at radius 2 is 1.62 bits per heavy atom. The van der Waals surface area contributed by atoms with E-state index in [1.165, 1.54) is 33.0 Å². The van der Waals surface area contributed by atoms with E-state index in [9.17, 15) is 13.2 Å². The summed E-state index contributed by atoms with van der Waals surface area (Å²) in [5.41, 5.74) is 1.17. The van der Waals surface area contributed by atoms with Gasteiger partial charge in [0, 0.05) is 33.2 Å². The van der Waals surface area contributed by atoms with Crippen LogP contribution in [0.15, 0.2) is 21.6 Å². The van der Waals surface area contributed by atoms with Crippen molar-refractivity contribution in [1.29, 1.82) is 0 Å². The van der Waals surface area contributed by atoms with Crippen molar-refractivity contribution in [3.8, 4) is 5.75 Å². The summed E-state index contributed by atoms with van der Waals surface area (Å²) in [4.78, 5) is 24.0. The minimum atomic E-state index is -3.83. The first-order chi connectivity index (χ1) is 17.7. The van der Waals surface area contributed by atoms with Gasteiger partial charge >= 0.3 is 0 Å². The number of rotatable bonds is 10. The molecule has 0 saturated carbocycles. The molecule has 3 heterocycles. The zero-order valence-electron chi connectivity index (χ0n) is 22.3. The summed E-state index contributed by atoms with van der Waals surface area (Å²) in [6.45, 7) is 10.8. The van der Waals surface area contributed by atoms with Crippen molar-refractivity contribution >= 4 is 15.9 Å². The molecule has 2 fully saturated rings. The first kappa shape index (κ1) is 27.5. The van der Waals surface area contributed by atoms with E-state index in [0.717, 1.165) is 36.9 Å². The van der Waals surface area contributed by atoms with E-state index in [4.69, 9.17) is 9.26 Å². The standard InChI is InChI=1S/C25H38N6O5S/c1-19-16-21(35-4)17-20(2)23(19)37(33,34)28(3)18-22-26-24(27-36-22)25(32)31-14-12-30(13-15-31)11-7-10-29-8-5-6-9-29/h16-17H,5-15,18H2,1-4H3. The van der Waals surface area contributed by atoms with Gasteiger partial charge in [-0.3, -0.25) is 9.69 Å². The molecule has 1 aromatic carbocycles. The molecule has 4 rings (SSSR count). The fraction of sp³-hybridized carbons (Fsp3) is 0.640. The smallest absolute Gasteiger partial charge is 0.295 e. The molecule has 37 heavy (non-hydrogen) atoms. The van der Waals surface area contributed by atoms with E-state index in [0.29, 0.717) is 30.0 Å². The third-order valence-electron chi connectivity index (χ3n) is 7.16. The number of nitrogens with zero attached hydrogens (tertiary/aromatic N) is 6. The highest BCUT2D eigenvalue weighted by Gasteiger charge is 2.29. The molecule has 204 valence electrons. The van der Waals surface area contributed by atoms with Crippen molar-refractivity contribution in [3.63, 3.8) is 0 Å². The van der Waals surface area contributed by atoms with Gasteiger partial charge < -0.3 is 19.1 Å². The summed E-state index contributed by atoms with van der Waals surface area (Å²) < 4.78 is 38.2. The molecule has 0 N–H and O–H groups in total. The summed E-state index contributed by atoms with van der Waals surface area (Å²) in [7, 11) is -0.836. The highest BCUT2D eigenvalue weighted by molar-refractivity contribution is 7.89. The monoisotopic (exact) mass is 534 g/mol.